The van der Waals surface area contributed by atoms with Gasteiger partial charge >= 0.3 is 0 Å². The number of rotatable bonds is 5. The number of nitrogens with zero attached hydrogens (tertiary/aromatic N) is 3. The third-order valence-electron chi connectivity index (χ3n) is 5.77. The molecule has 4 aromatic rings. The number of carbonyl (C=O) groups excluding carboxylic acids is 1. The number of Topliss-reactive ketones (excluding diaryl/α,β-unsaturated/α-hetero) is 1. The fourth-order valence-corrected chi connectivity index (χ4v) is 4.49. The number of ketones is 1. The first-order chi connectivity index (χ1) is 15.6. The van der Waals surface area contributed by atoms with Crippen LogP contribution in [0.1, 0.15) is 33.7 Å². The minimum Gasteiger partial charge on any atom is -0.378 e. The summed E-state index contributed by atoms with van der Waals surface area (Å²) in [5, 5.41) is 5.46. The van der Waals surface area contributed by atoms with Gasteiger partial charge in [-0.05, 0) is 35.6 Å². The van der Waals surface area contributed by atoms with Crippen molar-refractivity contribution in [2.75, 3.05) is 7.11 Å². The number of benzene rings is 2. The van der Waals surface area contributed by atoms with Crippen LogP contribution in [-0.2, 0) is 17.8 Å². The third-order valence-corrected chi connectivity index (χ3v) is 6.01. The molecule has 1 aliphatic rings. The van der Waals surface area contributed by atoms with Crippen LogP contribution >= 0.6 is 11.6 Å². The van der Waals surface area contributed by atoms with Crippen LogP contribution in [0, 0.1) is 5.92 Å². The predicted octanol–water partition coefficient (Wildman–Crippen LogP) is 5.65. The van der Waals surface area contributed by atoms with Gasteiger partial charge in [0, 0.05) is 24.8 Å². The highest BCUT2D eigenvalue weighted by molar-refractivity contribution is 6.30. The van der Waals surface area contributed by atoms with E-state index in [4.69, 9.17) is 21.4 Å². The average molecular weight is 444 g/mol. The zero-order chi connectivity index (χ0) is 22.1. The molecule has 0 unspecified atom stereocenters. The normalized spacial score (nSPS) is 16.1. The molecule has 2 heterocycles. The molecule has 5 nitrogen and oxygen atoms in total. The van der Waals surface area contributed by atoms with Gasteiger partial charge in [-0.3, -0.25) is 4.79 Å². The molecule has 6 heteroatoms. The Bertz CT molecular complexity index is 1330. The number of allylic oxidation sites excluding steroid dienone is 1. The van der Waals surface area contributed by atoms with E-state index in [2.05, 4.69) is 29.3 Å². The first-order valence-corrected chi connectivity index (χ1v) is 10.9. The number of halogens is 1. The summed E-state index contributed by atoms with van der Waals surface area (Å²) >= 11 is 6.25. The minimum atomic E-state index is 0.0939. The Labute approximate surface area is 191 Å². The Morgan fingerprint density at radius 2 is 2.00 bits per heavy atom. The Balaban J connectivity index is 1.60. The number of ether oxygens (including phenoxy) is 1. The molecule has 2 aromatic carbocycles. The average Bonchev–Trinajstić information content (AvgIpc) is 3.17. The highest BCUT2D eigenvalue weighted by Gasteiger charge is 2.28. The van der Waals surface area contributed by atoms with E-state index in [1.54, 1.807) is 13.3 Å². The van der Waals surface area contributed by atoms with Gasteiger partial charge in [0.15, 0.2) is 11.4 Å². The maximum Gasteiger partial charge on any atom is 0.166 e. The van der Waals surface area contributed by atoms with Crippen molar-refractivity contribution in [3.63, 3.8) is 0 Å². The summed E-state index contributed by atoms with van der Waals surface area (Å²) in [5.41, 5.74) is 5.94. The van der Waals surface area contributed by atoms with Crippen molar-refractivity contribution in [1.29, 1.82) is 0 Å². The van der Waals surface area contributed by atoms with E-state index < -0.39 is 0 Å². The first-order valence-electron chi connectivity index (χ1n) is 10.5. The standard InChI is InChI=1S/C26H22ClN3O2/c1-32-16-22-25(19-8-5-9-20(27)14-19)26-28-15-21-23(30(26)29-22)12-18(13-24(21)31)11-10-17-6-3-2-4-7-17/h2-11,14-15,18H,12-13,16H2,1H3/b11-10+/t18-/m1/s1. The summed E-state index contributed by atoms with van der Waals surface area (Å²) in [6, 6.07) is 17.7. The molecule has 0 bridgehead atoms. The summed E-state index contributed by atoms with van der Waals surface area (Å²) in [6.07, 6.45) is 7.08. The lowest BCUT2D eigenvalue weighted by molar-refractivity contribution is 0.0957. The van der Waals surface area contributed by atoms with Gasteiger partial charge in [0.25, 0.3) is 0 Å². The van der Waals surface area contributed by atoms with Crippen LogP contribution in [0.15, 0.2) is 66.9 Å². The van der Waals surface area contributed by atoms with Crippen LogP contribution in [0.4, 0.5) is 0 Å². The van der Waals surface area contributed by atoms with E-state index in [9.17, 15) is 4.79 Å². The summed E-state index contributed by atoms with van der Waals surface area (Å²) in [4.78, 5) is 17.6. The number of methoxy groups -OCH3 is 1. The van der Waals surface area contributed by atoms with Crippen molar-refractivity contribution in [3.8, 4) is 11.1 Å². The lowest BCUT2D eigenvalue weighted by Crippen LogP contribution is -2.22. The minimum absolute atomic E-state index is 0.0939. The van der Waals surface area contributed by atoms with Gasteiger partial charge in [-0.2, -0.15) is 5.10 Å². The number of fused-ring (bicyclic) bond motifs is 3. The summed E-state index contributed by atoms with van der Waals surface area (Å²) in [5.74, 6) is 0.196. The molecule has 0 aliphatic heterocycles. The van der Waals surface area contributed by atoms with E-state index in [0.717, 1.165) is 28.1 Å². The number of hydrogen-bond acceptors (Lipinski definition) is 4. The maximum absolute atomic E-state index is 12.9. The van der Waals surface area contributed by atoms with E-state index in [-0.39, 0.29) is 11.7 Å². The number of aromatic nitrogens is 3. The van der Waals surface area contributed by atoms with Crippen molar-refractivity contribution in [3.05, 3.63) is 94.4 Å². The van der Waals surface area contributed by atoms with Crippen molar-refractivity contribution in [2.24, 2.45) is 5.92 Å². The van der Waals surface area contributed by atoms with Crippen LogP contribution in [0.3, 0.4) is 0 Å². The van der Waals surface area contributed by atoms with Gasteiger partial charge in [0.2, 0.25) is 0 Å². The van der Waals surface area contributed by atoms with Crippen LogP contribution in [0.25, 0.3) is 22.9 Å². The van der Waals surface area contributed by atoms with E-state index in [0.29, 0.717) is 35.7 Å². The largest absolute Gasteiger partial charge is 0.378 e. The second kappa shape index (κ2) is 8.69. The Morgan fingerprint density at radius 3 is 2.78 bits per heavy atom. The molecule has 0 saturated carbocycles. The molecular weight excluding hydrogens is 422 g/mol. The second-order valence-corrected chi connectivity index (χ2v) is 8.42. The second-order valence-electron chi connectivity index (χ2n) is 7.98. The Hall–Kier alpha value is -3.28. The van der Waals surface area contributed by atoms with Crippen LogP contribution in [0.2, 0.25) is 5.02 Å². The molecule has 0 N–H and O–H groups in total. The highest BCUT2D eigenvalue weighted by atomic mass is 35.5. The fraction of sp³-hybridized carbons (Fsp3) is 0.192. The fourth-order valence-electron chi connectivity index (χ4n) is 4.30. The lowest BCUT2D eigenvalue weighted by Gasteiger charge is -2.21. The topological polar surface area (TPSA) is 56.5 Å². The SMILES string of the molecule is COCc1nn2c3c(cnc2c1-c1cccc(Cl)c1)C(=O)C[C@H](/C=C/c1ccccc1)C3. The molecule has 2 aromatic heterocycles. The summed E-state index contributed by atoms with van der Waals surface area (Å²) in [6.45, 7) is 0.339. The van der Waals surface area contributed by atoms with E-state index in [1.807, 2.05) is 47.0 Å². The van der Waals surface area contributed by atoms with Crippen LogP contribution in [-0.4, -0.2) is 27.5 Å². The van der Waals surface area contributed by atoms with Gasteiger partial charge in [-0.1, -0.05) is 66.2 Å². The van der Waals surface area contributed by atoms with Crippen molar-refractivity contribution < 1.29 is 9.53 Å². The summed E-state index contributed by atoms with van der Waals surface area (Å²) in [7, 11) is 1.64. The molecule has 0 fully saturated rings. The van der Waals surface area contributed by atoms with Crippen molar-refractivity contribution in [1.82, 2.24) is 14.6 Å². The zero-order valence-electron chi connectivity index (χ0n) is 17.7. The quantitative estimate of drug-likeness (QED) is 0.399. The highest BCUT2D eigenvalue weighted by Crippen LogP contribution is 2.33. The monoisotopic (exact) mass is 443 g/mol. The molecule has 1 aliphatic carbocycles. The van der Waals surface area contributed by atoms with Crippen molar-refractivity contribution in [2.45, 2.75) is 19.4 Å². The van der Waals surface area contributed by atoms with E-state index >= 15 is 0 Å². The molecule has 0 spiro atoms. The number of hydrogen-bond donors (Lipinski definition) is 0. The number of carbonyl (C=O) groups is 1. The maximum atomic E-state index is 12.9. The Morgan fingerprint density at radius 1 is 1.16 bits per heavy atom. The molecule has 0 saturated heterocycles. The lowest BCUT2D eigenvalue weighted by atomic mass is 9.86. The van der Waals surface area contributed by atoms with Gasteiger partial charge in [0.1, 0.15) is 0 Å². The van der Waals surface area contributed by atoms with Crippen LogP contribution < -0.4 is 0 Å². The Kier molecular flexibility index (Phi) is 5.60. The van der Waals surface area contributed by atoms with Gasteiger partial charge in [-0.15, -0.1) is 0 Å². The molecule has 0 amide bonds. The molecule has 32 heavy (non-hydrogen) atoms. The van der Waals surface area contributed by atoms with Crippen LogP contribution in [0.5, 0.6) is 0 Å². The van der Waals surface area contributed by atoms with E-state index in [1.165, 1.54) is 0 Å². The third kappa shape index (κ3) is 3.85. The molecule has 1 atom stereocenters. The predicted molar refractivity (Wildman–Crippen MR) is 126 cm³/mol. The van der Waals surface area contributed by atoms with Gasteiger partial charge in [0.05, 0.1) is 29.1 Å². The van der Waals surface area contributed by atoms with Crippen molar-refractivity contribution >= 4 is 29.1 Å². The summed E-state index contributed by atoms with van der Waals surface area (Å²) < 4.78 is 7.23. The van der Waals surface area contributed by atoms with Gasteiger partial charge in [-0.25, -0.2) is 9.50 Å². The smallest absolute Gasteiger partial charge is 0.166 e. The molecule has 5 rings (SSSR count). The van der Waals surface area contributed by atoms with Gasteiger partial charge < -0.3 is 4.74 Å². The zero-order valence-corrected chi connectivity index (χ0v) is 18.4. The first kappa shape index (κ1) is 20.6. The molecule has 0 radical (unpaired) electrons. The molecular formula is C26H22ClN3O2. The molecule has 160 valence electrons.